The van der Waals surface area contributed by atoms with Crippen LogP contribution in [0.1, 0.15) is 54.5 Å². The molecule has 1 saturated heterocycles. The van der Waals surface area contributed by atoms with Crippen LogP contribution in [-0.2, 0) is 15.8 Å². The average molecular weight is 610 g/mol. The van der Waals surface area contributed by atoms with Crippen molar-refractivity contribution < 1.29 is 9.47 Å². The molecule has 0 spiro atoms. The van der Waals surface area contributed by atoms with Crippen LogP contribution in [0.25, 0.3) is 28.0 Å². The number of ether oxygens (including phenoxy) is 2. The Morgan fingerprint density at radius 1 is 0.778 bits per heavy atom. The summed E-state index contributed by atoms with van der Waals surface area (Å²) >= 11 is 1.82. The summed E-state index contributed by atoms with van der Waals surface area (Å²) in [6, 6.07) is 35.4. The number of morpholine rings is 1. The van der Waals surface area contributed by atoms with Crippen molar-refractivity contribution in [2.24, 2.45) is 0 Å². The highest BCUT2D eigenvalue weighted by Crippen LogP contribution is 2.61. The highest BCUT2D eigenvalue weighted by atomic mass is 32.2. The highest BCUT2D eigenvalue weighted by molar-refractivity contribution is 7.98. The number of hydrogen-bond donors (Lipinski definition) is 0. The smallest absolute Gasteiger partial charge is 0.178 e. The van der Waals surface area contributed by atoms with E-state index in [1.807, 2.05) is 11.8 Å². The third-order valence-corrected chi connectivity index (χ3v) is 11.3. The fourth-order valence-electron chi connectivity index (χ4n) is 8.23. The molecule has 4 heteroatoms. The summed E-state index contributed by atoms with van der Waals surface area (Å²) in [5, 5.41) is 2.47. The Kier molecular flexibility index (Phi) is 7.04. The van der Waals surface area contributed by atoms with Gasteiger partial charge in [-0.2, -0.15) is 0 Å². The summed E-state index contributed by atoms with van der Waals surface area (Å²) in [6.45, 7) is 8.04. The largest absolute Gasteiger partial charge is 0.472 e. The van der Waals surface area contributed by atoms with Gasteiger partial charge < -0.3 is 14.4 Å². The topological polar surface area (TPSA) is 21.7 Å². The Morgan fingerprint density at radius 3 is 2.07 bits per heavy atom. The molecule has 0 saturated carbocycles. The lowest BCUT2D eigenvalue weighted by Crippen LogP contribution is -2.36. The van der Waals surface area contributed by atoms with Crippen LogP contribution in [0.2, 0.25) is 0 Å². The first-order chi connectivity index (χ1) is 22.1. The average Bonchev–Trinajstić information content (AvgIpc) is 3.43. The predicted molar refractivity (Wildman–Crippen MR) is 189 cm³/mol. The van der Waals surface area contributed by atoms with Crippen molar-refractivity contribution in [2.75, 3.05) is 37.5 Å². The Labute approximate surface area is 270 Å². The molecule has 5 aromatic rings. The Balaban J connectivity index is 1.49. The molecule has 5 aromatic carbocycles. The number of fused-ring (bicyclic) bond motifs is 8. The molecule has 0 unspecified atom stereocenters. The van der Waals surface area contributed by atoms with Gasteiger partial charge >= 0.3 is 0 Å². The van der Waals surface area contributed by atoms with Gasteiger partial charge in [-0.15, -0.1) is 11.8 Å². The molecule has 0 radical (unpaired) electrons. The van der Waals surface area contributed by atoms with E-state index in [0.29, 0.717) is 0 Å². The zero-order chi connectivity index (χ0) is 30.6. The zero-order valence-electron chi connectivity index (χ0n) is 26.3. The first-order valence-corrected chi connectivity index (χ1v) is 17.5. The second kappa shape index (κ2) is 11.1. The molecule has 0 N–H and O–H groups in total. The van der Waals surface area contributed by atoms with Gasteiger partial charge in [-0.1, -0.05) is 105 Å². The van der Waals surface area contributed by atoms with Crippen LogP contribution in [0, 0.1) is 0 Å². The minimum atomic E-state index is -0.744. The summed E-state index contributed by atoms with van der Waals surface area (Å²) in [5.74, 6) is 0.988. The number of rotatable bonds is 6. The van der Waals surface area contributed by atoms with Gasteiger partial charge in [0, 0.05) is 45.5 Å². The maximum Gasteiger partial charge on any atom is 0.178 e. The van der Waals surface area contributed by atoms with Gasteiger partial charge in [0.2, 0.25) is 0 Å². The number of thioether (sulfide) groups is 1. The summed E-state index contributed by atoms with van der Waals surface area (Å²) in [6.07, 6.45) is 8.95. The second-order valence-corrected chi connectivity index (χ2v) is 13.2. The van der Waals surface area contributed by atoms with Crippen molar-refractivity contribution in [3.63, 3.8) is 0 Å². The van der Waals surface area contributed by atoms with E-state index >= 15 is 0 Å². The van der Waals surface area contributed by atoms with E-state index in [9.17, 15) is 0 Å². The molecule has 3 aliphatic rings. The molecule has 0 aromatic heterocycles. The monoisotopic (exact) mass is 609 g/mol. The van der Waals surface area contributed by atoms with Gasteiger partial charge in [-0.05, 0) is 64.9 Å². The maximum atomic E-state index is 7.57. The predicted octanol–water partition coefficient (Wildman–Crippen LogP) is 9.83. The van der Waals surface area contributed by atoms with Crippen molar-refractivity contribution in [3.8, 4) is 16.9 Å². The molecule has 3 nitrogen and oxygen atoms in total. The molecule has 2 heterocycles. The molecule has 0 amide bonds. The van der Waals surface area contributed by atoms with E-state index in [-0.39, 0.29) is 5.41 Å². The summed E-state index contributed by atoms with van der Waals surface area (Å²) in [4.78, 5) is 3.78. The molecule has 226 valence electrons. The molecular weight excluding hydrogens is 571 g/mol. The van der Waals surface area contributed by atoms with Crippen LogP contribution < -0.4 is 9.64 Å². The molecule has 0 bridgehead atoms. The van der Waals surface area contributed by atoms with Crippen molar-refractivity contribution in [3.05, 3.63) is 131 Å². The van der Waals surface area contributed by atoms with E-state index < -0.39 is 5.60 Å². The molecule has 2 aliphatic heterocycles. The first kappa shape index (κ1) is 28.5. The molecule has 45 heavy (non-hydrogen) atoms. The van der Waals surface area contributed by atoms with Gasteiger partial charge in [0.05, 0.1) is 18.9 Å². The minimum Gasteiger partial charge on any atom is -0.472 e. The Bertz CT molecular complexity index is 1880. The molecule has 0 atom stereocenters. The Morgan fingerprint density at radius 2 is 1.42 bits per heavy atom. The minimum absolute atomic E-state index is 0.0886. The lowest BCUT2D eigenvalue weighted by Gasteiger charge is -2.39. The van der Waals surface area contributed by atoms with Crippen LogP contribution in [0.15, 0.2) is 108 Å². The Hall–Kier alpha value is -3.99. The van der Waals surface area contributed by atoms with E-state index in [0.717, 1.165) is 56.0 Å². The van der Waals surface area contributed by atoms with Crippen molar-refractivity contribution in [1.29, 1.82) is 0 Å². The van der Waals surface area contributed by atoms with Gasteiger partial charge in [-0.3, -0.25) is 0 Å². The maximum absolute atomic E-state index is 7.57. The quantitative estimate of drug-likeness (QED) is 0.179. The molecular formula is C41H39NO2S. The van der Waals surface area contributed by atoms with Gasteiger partial charge in [-0.25, -0.2) is 0 Å². The fourth-order valence-corrected chi connectivity index (χ4v) is 8.87. The number of hydrogen-bond acceptors (Lipinski definition) is 4. The van der Waals surface area contributed by atoms with E-state index in [4.69, 9.17) is 9.47 Å². The van der Waals surface area contributed by atoms with Gasteiger partial charge in [0.15, 0.2) is 5.60 Å². The normalized spacial score (nSPS) is 17.4. The number of nitrogens with zero attached hydrogens (tertiary/aromatic N) is 1. The van der Waals surface area contributed by atoms with Crippen molar-refractivity contribution in [1.82, 2.24) is 0 Å². The molecule has 8 rings (SSSR count). The van der Waals surface area contributed by atoms with E-state index in [1.54, 1.807) is 0 Å². The third-order valence-electron chi connectivity index (χ3n) is 10.5. The van der Waals surface area contributed by atoms with Crippen molar-refractivity contribution in [2.45, 2.75) is 42.6 Å². The van der Waals surface area contributed by atoms with Crippen LogP contribution in [-0.4, -0.2) is 32.6 Å². The van der Waals surface area contributed by atoms with Crippen LogP contribution >= 0.6 is 11.8 Å². The van der Waals surface area contributed by atoms with Gasteiger partial charge in [0.1, 0.15) is 5.75 Å². The van der Waals surface area contributed by atoms with E-state index in [2.05, 4.69) is 134 Å². The van der Waals surface area contributed by atoms with Crippen LogP contribution in [0.5, 0.6) is 5.75 Å². The number of benzene rings is 5. The highest BCUT2D eigenvalue weighted by Gasteiger charge is 2.47. The van der Waals surface area contributed by atoms with Crippen molar-refractivity contribution >= 4 is 34.3 Å². The molecule has 1 fully saturated rings. The second-order valence-electron chi connectivity index (χ2n) is 12.4. The third kappa shape index (κ3) is 4.15. The fraction of sp³-hybridized carbons (Fsp3) is 0.268. The summed E-state index contributed by atoms with van der Waals surface area (Å²) < 4.78 is 13.3. The van der Waals surface area contributed by atoms with Gasteiger partial charge in [0.25, 0.3) is 0 Å². The van der Waals surface area contributed by atoms with Crippen LogP contribution in [0.4, 0.5) is 5.69 Å². The first-order valence-electron chi connectivity index (χ1n) is 16.3. The standard InChI is InChI=1S/C41H39NO2S/c1-4-40(5-2)34-19-13-12-18-30(34)37-32-26-35(42-22-24-43-25-23-42)36(45-3)27-33(32)39-31(38(37)40)20-21-41(44-39,28-14-8-6-9-15-28)29-16-10-7-11-17-29/h6-21,26-27H,4-5,22-25H2,1-3H3. The lowest BCUT2D eigenvalue weighted by atomic mass is 9.71. The van der Waals surface area contributed by atoms with Crippen LogP contribution in [0.3, 0.4) is 0 Å². The molecule has 1 aliphatic carbocycles. The zero-order valence-corrected chi connectivity index (χ0v) is 27.1. The lowest BCUT2D eigenvalue weighted by molar-refractivity contribution is 0.122. The number of anilines is 1. The SMILES string of the molecule is CCC1(CC)c2ccccc2-c2c1c1c(c3cc(SC)c(N4CCOCC4)cc23)OC(c2ccccc2)(c2ccccc2)C=C1. The van der Waals surface area contributed by atoms with E-state index in [1.165, 1.54) is 49.2 Å². The summed E-state index contributed by atoms with van der Waals surface area (Å²) in [5.41, 5.74) is 9.56. The summed E-state index contributed by atoms with van der Waals surface area (Å²) in [7, 11) is 0.